The average molecular weight is 403 g/mol. The van der Waals surface area contributed by atoms with Crippen molar-refractivity contribution in [3.63, 3.8) is 0 Å². The highest BCUT2D eigenvalue weighted by Gasteiger charge is 2.26. The van der Waals surface area contributed by atoms with Crippen molar-refractivity contribution in [3.8, 4) is 17.2 Å². The highest BCUT2D eigenvalue weighted by Crippen LogP contribution is 2.36. The first-order valence-corrected chi connectivity index (χ1v) is 9.27. The van der Waals surface area contributed by atoms with Crippen LogP contribution in [0.2, 0.25) is 0 Å². The van der Waals surface area contributed by atoms with Crippen LogP contribution in [0.15, 0.2) is 55.1 Å². The zero-order valence-electron chi connectivity index (χ0n) is 16.7. The lowest BCUT2D eigenvalue weighted by Crippen LogP contribution is -2.24. The summed E-state index contributed by atoms with van der Waals surface area (Å²) < 4.78 is 12.6. The maximum Gasteiger partial charge on any atom is 0.257 e. The third-order valence-electron chi connectivity index (χ3n) is 4.76. The van der Waals surface area contributed by atoms with E-state index in [4.69, 9.17) is 20.2 Å². The van der Waals surface area contributed by atoms with Gasteiger partial charge in [-0.3, -0.25) is 9.36 Å². The molecule has 4 rings (SSSR count). The molecule has 0 unspecified atom stereocenters. The molecule has 0 atom stereocenters. The Bertz CT molecular complexity index is 1280. The fraction of sp³-hybridized carbons (Fsp3) is 0.136. The Morgan fingerprint density at radius 2 is 1.90 bits per heavy atom. The minimum Gasteiger partial charge on any atom is -0.497 e. The van der Waals surface area contributed by atoms with Gasteiger partial charge in [0.2, 0.25) is 0 Å². The van der Waals surface area contributed by atoms with E-state index in [1.165, 1.54) is 0 Å². The molecule has 0 fully saturated rings. The number of carbonyl (C=O) groups excluding carboxylic acids is 1. The molecule has 0 bridgehead atoms. The molecule has 0 aliphatic heterocycles. The topological polar surface area (TPSA) is 104 Å². The zero-order valence-corrected chi connectivity index (χ0v) is 16.7. The van der Waals surface area contributed by atoms with Gasteiger partial charge in [0.15, 0.2) is 5.65 Å². The van der Waals surface area contributed by atoms with Gasteiger partial charge in [0.1, 0.15) is 28.4 Å². The number of nitrogens with zero attached hydrogens (tertiary/aromatic N) is 3. The van der Waals surface area contributed by atoms with Gasteiger partial charge in [-0.05, 0) is 24.3 Å². The molecular formula is C22H21N5O3. The molecular weight excluding hydrogens is 382 g/mol. The number of fused-ring (bicyclic) bond motifs is 2. The Balaban J connectivity index is 2.09. The largest absolute Gasteiger partial charge is 0.497 e. The number of nitrogens with two attached hydrogens (primary N) is 1. The first kappa shape index (κ1) is 19.3. The number of para-hydroxylation sites is 2. The summed E-state index contributed by atoms with van der Waals surface area (Å²) in [6.07, 6.45) is 1.60. The Labute approximate surface area is 172 Å². The Hall–Kier alpha value is -4.07. The second-order valence-electron chi connectivity index (χ2n) is 6.52. The number of ether oxygens (including phenoxy) is 2. The highest BCUT2D eigenvalue weighted by molar-refractivity contribution is 6.11. The quantitative estimate of drug-likeness (QED) is 0.480. The van der Waals surface area contributed by atoms with Crippen LogP contribution < -0.4 is 20.5 Å². The minimum absolute atomic E-state index is 0.202. The van der Waals surface area contributed by atoms with E-state index in [0.717, 1.165) is 0 Å². The summed E-state index contributed by atoms with van der Waals surface area (Å²) >= 11 is 0. The van der Waals surface area contributed by atoms with E-state index < -0.39 is 0 Å². The van der Waals surface area contributed by atoms with E-state index in [-0.39, 0.29) is 17.3 Å². The van der Waals surface area contributed by atoms with Crippen molar-refractivity contribution in [3.05, 3.63) is 60.7 Å². The molecule has 3 N–H and O–H groups in total. The molecule has 0 saturated heterocycles. The number of amides is 1. The maximum absolute atomic E-state index is 12.9. The van der Waals surface area contributed by atoms with Crippen LogP contribution >= 0.6 is 0 Å². The lowest BCUT2D eigenvalue weighted by molar-refractivity contribution is 0.0960. The molecule has 2 aromatic carbocycles. The van der Waals surface area contributed by atoms with E-state index in [9.17, 15) is 4.79 Å². The SMILES string of the molecule is C=CCNC(=O)c1c(N)n(-c2cc(OC)ccc2OC)c2nc3ccccc3nc12. The van der Waals surface area contributed by atoms with E-state index in [1.807, 2.05) is 24.3 Å². The van der Waals surface area contributed by atoms with Gasteiger partial charge in [-0.15, -0.1) is 6.58 Å². The molecule has 1 amide bonds. The summed E-state index contributed by atoms with van der Waals surface area (Å²) in [6.45, 7) is 3.94. The van der Waals surface area contributed by atoms with Crippen molar-refractivity contribution in [2.75, 3.05) is 26.5 Å². The summed E-state index contributed by atoms with van der Waals surface area (Å²) in [6, 6.07) is 12.8. The van der Waals surface area contributed by atoms with Crippen LogP contribution in [0.3, 0.4) is 0 Å². The fourth-order valence-corrected chi connectivity index (χ4v) is 3.35. The van der Waals surface area contributed by atoms with Crippen molar-refractivity contribution < 1.29 is 14.3 Å². The number of rotatable bonds is 6. The molecule has 2 heterocycles. The molecule has 0 aliphatic carbocycles. The second kappa shape index (κ2) is 7.75. The van der Waals surface area contributed by atoms with Gasteiger partial charge in [-0.1, -0.05) is 18.2 Å². The molecule has 0 aliphatic rings. The van der Waals surface area contributed by atoms with Crippen LogP contribution in [0.25, 0.3) is 27.9 Å². The first-order valence-electron chi connectivity index (χ1n) is 9.27. The predicted octanol–water partition coefficient (Wildman–Crippen LogP) is 3.09. The predicted molar refractivity (Wildman–Crippen MR) is 116 cm³/mol. The molecule has 8 heteroatoms. The molecule has 0 spiro atoms. The average Bonchev–Trinajstić information content (AvgIpc) is 3.05. The van der Waals surface area contributed by atoms with Gasteiger partial charge in [0, 0.05) is 12.6 Å². The molecule has 30 heavy (non-hydrogen) atoms. The normalized spacial score (nSPS) is 10.9. The molecule has 0 radical (unpaired) electrons. The molecule has 2 aromatic heterocycles. The van der Waals surface area contributed by atoms with E-state index >= 15 is 0 Å². The lowest BCUT2D eigenvalue weighted by atomic mass is 10.2. The Morgan fingerprint density at radius 1 is 1.17 bits per heavy atom. The van der Waals surface area contributed by atoms with Crippen molar-refractivity contribution in [1.82, 2.24) is 19.9 Å². The smallest absolute Gasteiger partial charge is 0.257 e. The number of aromatic nitrogens is 3. The second-order valence-corrected chi connectivity index (χ2v) is 6.52. The number of nitrogen functional groups attached to an aromatic ring is 1. The molecule has 152 valence electrons. The molecule has 4 aromatic rings. The number of methoxy groups -OCH3 is 2. The van der Waals surface area contributed by atoms with Crippen molar-refractivity contribution in [2.24, 2.45) is 0 Å². The van der Waals surface area contributed by atoms with E-state index in [1.54, 1.807) is 43.1 Å². The van der Waals surface area contributed by atoms with Crippen LogP contribution in [-0.4, -0.2) is 41.2 Å². The zero-order chi connectivity index (χ0) is 21.3. The number of benzene rings is 2. The number of anilines is 1. The summed E-state index contributed by atoms with van der Waals surface area (Å²) in [7, 11) is 3.14. The molecule has 0 saturated carbocycles. The third-order valence-corrected chi connectivity index (χ3v) is 4.76. The van der Waals surface area contributed by atoms with Crippen LogP contribution in [0.5, 0.6) is 11.5 Å². The highest BCUT2D eigenvalue weighted by atomic mass is 16.5. The van der Waals surface area contributed by atoms with Crippen LogP contribution in [-0.2, 0) is 0 Å². The summed E-state index contributed by atoms with van der Waals surface area (Å²) in [4.78, 5) is 22.4. The third kappa shape index (κ3) is 3.08. The standard InChI is InChI=1S/C22H21N5O3/c1-4-11-24-22(28)18-19-21(26-15-8-6-5-7-14(15)25-19)27(20(18)23)16-12-13(29-2)9-10-17(16)30-3/h4-10,12H,1,11,23H2,2-3H3,(H,24,28). The van der Waals surface area contributed by atoms with Crippen molar-refractivity contribution in [2.45, 2.75) is 0 Å². The van der Waals surface area contributed by atoms with Crippen LogP contribution in [0.4, 0.5) is 5.82 Å². The Morgan fingerprint density at radius 3 is 2.57 bits per heavy atom. The number of carbonyl (C=O) groups is 1. The molecule has 8 nitrogen and oxygen atoms in total. The van der Waals surface area contributed by atoms with Gasteiger partial charge in [0.05, 0.1) is 30.9 Å². The first-order chi connectivity index (χ1) is 14.6. The monoisotopic (exact) mass is 403 g/mol. The Kier molecular flexibility index (Phi) is 4.97. The summed E-state index contributed by atoms with van der Waals surface area (Å²) in [5.74, 6) is 1.00. The lowest BCUT2D eigenvalue weighted by Gasteiger charge is -2.14. The van der Waals surface area contributed by atoms with Crippen molar-refractivity contribution >= 4 is 33.9 Å². The van der Waals surface area contributed by atoms with Crippen LogP contribution in [0, 0.1) is 0 Å². The van der Waals surface area contributed by atoms with Gasteiger partial charge in [-0.25, -0.2) is 9.97 Å². The number of hydrogen-bond donors (Lipinski definition) is 2. The number of hydrogen-bond acceptors (Lipinski definition) is 6. The van der Waals surface area contributed by atoms with E-state index in [2.05, 4.69) is 16.9 Å². The van der Waals surface area contributed by atoms with Crippen molar-refractivity contribution in [1.29, 1.82) is 0 Å². The van der Waals surface area contributed by atoms with Crippen LogP contribution in [0.1, 0.15) is 10.4 Å². The fourth-order valence-electron chi connectivity index (χ4n) is 3.35. The van der Waals surface area contributed by atoms with Gasteiger partial charge in [0.25, 0.3) is 5.91 Å². The van der Waals surface area contributed by atoms with Gasteiger partial charge >= 0.3 is 0 Å². The minimum atomic E-state index is -0.359. The van der Waals surface area contributed by atoms with Gasteiger partial charge < -0.3 is 20.5 Å². The summed E-state index contributed by atoms with van der Waals surface area (Å²) in [5.41, 5.74) is 9.53. The van der Waals surface area contributed by atoms with E-state index in [0.29, 0.717) is 45.9 Å². The maximum atomic E-state index is 12.9. The summed E-state index contributed by atoms with van der Waals surface area (Å²) in [5, 5.41) is 2.77. The number of nitrogens with one attached hydrogen (secondary N) is 1. The van der Waals surface area contributed by atoms with Gasteiger partial charge in [-0.2, -0.15) is 0 Å².